The van der Waals surface area contributed by atoms with Gasteiger partial charge in [0.15, 0.2) is 6.10 Å². The molecule has 0 aromatic heterocycles. The molecule has 1 aromatic carbocycles. The summed E-state index contributed by atoms with van der Waals surface area (Å²) in [5, 5.41) is 9.11. The number of ether oxygens (including phenoxy) is 1. The molecule has 1 aromatic rings. The van der Waals surface area contributed by atoms with Crippen LogP contribution >= 0.6 is 15.9 Å². The predicted molar refractivity (Wildman–Crippen MR) is 76.6 cm³/mol. The number of nitrogens with zero attached hydrogens (tertiary/aromatic N) is 1. The molecule has 1 fully saturated rings. The van der Waals surface area contributed by atoms with Gasteiger partial charge in [0.25, 0.3) is 5.91 Å². The van der Waals surface area contributed by atoms with Crippen molar-refractivity contribution in [1.82, 2.24) is 4.90 Å². The Morgan fingerprint density at radius 3 is 2.80 bits per heavy atom. The van der Waals surface area contributed by atoms with E-state index in [9.17, 15) is 9.59 Å². The minimum atomic E-state index is -0.955. The van der Waals surface area contributed by atoms with Crippen molar-refractivity contribution in [2.75, 3.05) is 6.54 Å². The first-order valence-electron chi connectivity index (χ1n) is 6.45. The van der Waals surface area contributed by atoms with Crippen LogP contribution < -0.4 is 4.74 Å². The third-order valence-electron chi connectivity index (χ3n) is 3.31. The number of benzene rings is 1. The van der Waals surface area contributed by atoms with Gasteiger partial charge in [0, 0.05) is 6.54 Å². The quantitative estimate of drug-likeness (QED) is 0.912. The van der Waals surface area contributed by atoms with E-state index < -0.39 is 18.1 Å². The maximum Gasteiger partial charge on any atom is 0.326 e. The van der Waals surface area contributed by atoms with Crippen molar-refractivity contribution in [3.05, 3.63) is 28.7 Å². The Bertz CT molecular complexity index is 520. The van der Waals surface area contributed by atoms with Crippen LogP contribution in [-0.4, -0.2) is 40.6 Å². The number of rotatable bonds is 4. The molecule has 108 valence electrons. The van der Waals surface area contributed by atoms with Crippen LogP contribution in [-0.2, 0) is 9.59 Å². The molecule has 1 amide bonds. The van der Waals surface area contributed by atoms with Gasteiger partial charge in [0.2, 0.25) is 0 Å². The van der Waals surface area contributed by atoms with Crippen LogP contribution in [0.4, 0.5) is 0 Å². The van der Waals surface area contributed by atoms with Gasteiger partial charge in [-0.25, -0.2) is 4.79 Å². The van der Waals surface area contributed by atoms with Gasteiger partial charge in [-0.2, -0.15) is 0 Å². The summed E-state index contributed by atoms with van der Waals surface area (Å²) >= 11 is 3.35. The number of hydrogen-bond acceptors (Lipinski definition) is 3. The number of halogens is 1. The minimum absolute atomic E-state index is 0.286. The highest BCUT2D eigenvalue weighted by molar-refractivity contribution is 9.10. The third kappa shape index (κ3) is 3.12. The zero-order valence-corrected chi connectivity index (χ0v) is 12.7. The average Bonchev–Trinajstić information content (AvgIpc) is 2.89. The molecule has 1 heterocycles. The van der Waals surface area contributed by atoms with E-state index in [4.69, 9.17) is 9.84 Å². The lowest BCUT2D eigenvalue weighted by Crippen LogP contribution is -2.46. The Hall–Kier alpha value is -1.56. The first-order chi connectivity index (χ1) is 9.50. The Morgan fingerprint density at radius 2 is 2.15 bits per heavy atom. The Balaban J connectivity index is 2.05. The molecule has 20 heavy (non-hydrogen) atoms. The van der Waals surface area contributed by atoms with Gasteiger partial charge in [-0.3, -0.25) is 4.79 Å². The number of amides is 1. The van der Waals surface area contributed by atoms with Gasteiger partial charge < -0.3 is 14.7 Å². The number of carbonyl (C=O) groups is 2. The molecule has 1 N–H and O–H groups in total. The molecule has 0 aliphatic carbocycles. The maximum absolute atomic E-state index is 12.3. The molecule has 2 atom stereocenters. The maximum atomic E-state index is 12.3. The van der Waals surface area contributed by atoms with Crippen molar-refractivity contribution in [2.24, 2.45) is 0 Å². The lowest BCUT2D eigenvalue weighted by molar-refractivity contribution is -0.150. The molecule has 6 heteroatoms. The minimum Gasteiger partial charge on any atom is -0.480 e. The van der Waals surface area contributed by atoms with E-state index in [-0.39, 0.29) is 5.91 Å². The Kier molecular flexibility index (Phi) is 4.65. The lowest BCUT2D eigenvalue weighted by Gasteiger charge is -2.25. The predicted octanol–water partition coefficient (Wildman–Crippen LogP) is 2.29. The molecule has 0 spiro atoms. The van der Waals surface area contributed by atoms with Crippen LogP contribution in [0, 0.1) is 0 Å². The fourth-order valence-electron chi connectivity index (χ4n) is 2.30. The summed E-state index contributed by atoms with van der Waals surface area (Å²) in [5.74, 6) is -0.672. The topological polar surface area (TPSA) is 66.8 Å². The van der Waals surface area contributed by atoms with Crippen molar-refractivity contribution in [3.8, 4) is 5.75 Å². The first kappa shape index (κ1) is 14.8. The van der Waals surface area contributed by atoms with Crippen molar-refractivity contribution < 1.29 is 19.4 Å². The van der Waals surface area contributed by atoms with E-state index in [1.165, 1.54) is 4.90 Å². The number of likely N-dealkylation sites (tertiary alicyclic amines) is 1. The van der Waals surface area contributed by atoms with E-state index in [0.29, 0.717) is 25.1 Å². The van der Waals surface area contributed by atoms with Crippen LogP contribution in [0.2, 0.25) is 0 Å². The number of carboxylic acid groups (broad SMARTS) is 1. The average molecular weight is 342 g/mol. The van der Waals surface area contributed by atoms with E-state index in [1.807, 2.05) is 18.2 Å². The standard InChI is InChI=1S/C14H16BrNO4/c1-9(20-12-7-3-2-5-10(12)15)13(17)16-8-4-6-11(16)14(18)19/h2-3,5,7,9,11H,4,6,8H2,1H3,(H,18,19). The molecular weight excluding hydrogens is 326 g/mol. The van der Waals surface area contributed by atoms with Crippen LogP contribution in [0.15, 0.2) is 28.7 Å². The summed E-state index contributed by atoms with van der Waals surface area (Å²) in [4.78, 5) is 24.8. The molecule has 1 saturated heterocycles. The second-order valence-electron chi connectivity index (χ2n) is 4.72. The summed E-state index contributed by atoms with van der Waals surface area (Å²) in [6.45, 7) is 2.11. The highest BCUT2D eigenvalue weighted by Gasteiger charge is 2.36. The normalized spacial score (nSPS) is 19.7. The lowest BCUT2D eigenvalue weighted by atomic mass is 10.2. The molecule has 2 unspecified atom stereocenters. The van der Waals surface area contributed by atoms with Gasteiger partial charge in [0.1, 0.15) is 11.8 Å². The fraction of sp³-hybridized carbons (Fsp3) is 0.429. The van der Waals surface area contributed by atoms with E-state index in [0.717, 1.165) is 4.47 Å². The fourth-order valence-corrected chi connectivity index (χ4v) is 2.68. The molecule has 5 nitrogen and oxygen atoms in total. The number of aliphatic carboxylic acids is 1. The SMILES string of the molecule is CC(Oc1ccccc1Br)C(=O)N1CCCC1C(=O)O. The summed E-state index contributed by atoms with van der Waals surface area (Å²) in [5.41, 5.74) is 0. The van der Waals surface area contributed by atoms with Gasteiger partial charge >= 0.3 is 5.97 Å². The molecule has 0 radical (unpaired) electrons. The second kappa shape index (κ2) is 6.26. The van der Waals surface area contributed by atoms with Crippen molar-refractivity contribution in [3.63, 3.8) is 0 Å². The second-order valence-corrected chi connectivity index (χ2v) is 5.57. The van der Waals surface area contributed by atoms with Crippen LogP contribution in [0.1, 0.15) is 19.8 Å². The summed E-state index contributed by atoms with van der Waals surface area (Å²) < 4.78 is 6.38. The summed E-state index contributed by atoms with van der Waals surface area (Å²) in [6.07, 6.45) is 0.501. The third-order valence-corrected chi connectivity index (χ3v) is 3.96. The van der Waals surface area contributed by atoms with Gasteiger partial charge in [-0.05, 0) is 47.8 Å². The zero-order valence-electron chi connectivity index (χ0n) is 11.1. The molecule has 2 rings (SSSR count). The molecular formula is C14H16BrNO4. The van der Waals surface area contributed by atoms with Crippen LogP contribution in [0.25, 0.3) is 0 Å². The van der Waals surface area contributed by atoms with E-state index >= 15 is 0 Å². The smallest absolute Gasteiger partial charge is 0.326 e. The monoisotopic (exact) mass is 341 g/mol. The van der Waals surface area contributed by atoms with Gasteiger partial charge in [-0.15, -0.1) is 0 Å². The molecule has 1 aliphatic heterocycles. The van der Waals surface area contributed by atoms with Crippen LogP contribution in [0.3, 0.4) is 0 Å². The zero-order chi connectivity index (χ0) is 14.7. The van der Waals surface area contributed by atoms with Crippen LogP contribution in [0.5, 0.6) is 5.75 Å². The number of hydrogen-bond donors (Lipinski definition) is 1. The Labute approximate surface area is 125 Å². The molecule has 1 aliphatic rings. The highest BCUT2D eigenvalue weighted by atomic mass is 79.9. The first-order valence-corrected chi connectivity index (χ1v) is 7.24. The number of carboxylic acids is 1. The highest BCUT2D eigenvalue weighted by Crippen LogP contribution is 2.26. The molecule has 0 saturated carbocycles. The molecule has 0 bridgehead atoms. The summed E-state index contributed by atoms with van der Waals surface area (Å²) in [6, 6.07) is 6.51. The van der Waals surface area contributed by atoms with Crippen molar-refractivity contribution >= 4 is 27.8 Å². The largest absolute Gasteiger partial charge is 0.480 e. The van der Waals surface area contributed by atoms with Crippen molar-refractivity contribution in [1.29, 1.82) is 0 Å². The number of carbonyl (C=O) groups excluding carboxylic acids is 1. The Morgan fingerprint density at radius 1 is 1.45 bits per heavy atom. The van der Waals surface area contributed by atoms with E-state index in [1.54, 1.807) is 13.0 Å². The van der Waals surface area contributed by atoms with Gasteiger partial charge in [-0.1, -0.05) is 12.1 Å². The summed E-state index contributed by atoms with van der Waals surface area (Å²) in [7, 11) is 0. The van der Waals surface area contributed by atoms with Crippen molar-refractivity contribution in [2.45, 2.75) is 31.9 Å². The van der Waals surface area contributed by atoms with E-state index in [2.05, 4.69) is 15.9 Å². The number of para-hydroxylation sites is 1. The van der Waals surface area contributed by atoms with Gasteiger partial charge in [0.05, 0.1) is 4.47 Å².